The molecule has 1 saturated carbocycles. The third-order valence-electron chi connectivity index (χ3n) is 4.77. The molecule has 0 heterocycles. The van der Waals surface area contributed by atoms with Crippen LogP contribution < -0.4 is 0 Å². The van der Waals surface area contributed by atoms with Crippen LogP contribution in [0.25, 0.3) is 0 Å². The molecule has 0 bridgehead atoms. The first-order valence-corrected chi connectivity index (χ1v) is 9.47. The molecule has 0 radical (unpaired) electrons. The van der Waals surface area contributed by atoms with Crippen LogP contribution in [0.4, 0.5) is 0 Å². The van der Waals surface area contributed by atoms with E-state index in [0.717, 1.165) is 5.92 Å². The lowest BCUT2D eigenvalue weighted by Gasteiger charge is -2.37. The fourth-order valence-corrected chi connectivity index (χ4v) is 5.46. The molecular formula is C18H26Br2. The highest BCUT2D eigenvalue weighted by molar-refractivity contribution is 9.10. The SMILES string of the molecule is Cc1cc(C(Br)C2(CC(C)C)CCCC2)c(C)cc1Br. The number of halogens is 2. The third-order valence-corrected chi connectivity index (χ3v) is 7.09. The highest BCUT2D eigenvalue weighted by Crippen LogP contribution is 2.56. The second-order valence-electron chi connectivity index (χ2n) is 6.99. The fourth-order valence-electron chi connectivity index (χ4n) is 3.86. The minimum atomic E-state index is 0.458. The van der Waals surface area contributed by atoms with Gasteiger partial charge in [-0.2, -0.15) is 0 Å². The predicted molar refractivity (Wildman–Crippen MR) is 95.6 cm³/mol. The number of alkyl halides is 1. The van der Waals surface area contributed by atoms with Crippen LogP contribution >= 0.6 is 31.9 Å². The average Bonchev–Trinajstić information content (AvgIpc) is 2.81. The molecule has 1 aromatic carbocycles. The minimum absolute atomic E-state index is 0.458. The van der Waals surface area contributed by atoms with Crippen LogP contribution in [0.1, 0.15) is 67.5 Å². The lowest BCUT2D eigenvalue weighted by Crippen LogP contribution is -2.25. The Kier molecular flexibility index (Phi) is 5.40. The number of hydrogen-bond donors (Lipinski definition) is 0. The second kappa shape index (κ2) is 6.52. The maximum absolute atomic E-state index is 4.09. The zero-order chi connectivity index (χ0) is 14.9. The normalized spacial score (nSPS) is 19.6. The summed E-state index contributed by atoms with van der Waals surface area (Å²) < 4.78 is 1.22. The van der Waals surface area contributed by atoms with E-state index < -0.39 is 0 Å². The van der Waals surface area contributed by atoms with E-state index in [9.17, 15) is 0 Å². The maximum atomic E-state index is 4.09. The largest absolute Gasteiger partial charge is 0.0833 e. The summed E-state index contributed by atoms with van der Waals surface area (Å²) in [4.78, 5) is 0.492. The second-order valence-corrected chi connectivity index (χ2v) is 8.76. The molecule has 0 aromatic heterocycles. The van der Waals surface area contributed by atoms with Gasteiger partial charge >= 0.3 is 0 Å². The fraction of sp³-hybridized carbons (Fsp3) is 0.667. The maximum Gasteiger partial charge on any atom is 0.0454 e. The number of aryl methyl sites for hydroxylation is 2. The smallest absolute Gasteiger partial charge is 0.0454 e. The van der Waals surface area contributed by atoms with Gasteiger partial charge in [-0.25, -0.2) is 0 Å². The highest BCUT2D eigenvalue weighted by Gasteiger charge is 2.41. The monoisotopic (exact) mass is 400 g/mol. The quantitative estimate of drug-likeness (QED) is 0.471. The van der Waals surface area contributed by atoms with Crippen LogP contribution in [0, 0.1) is 25.2 Å². The Labute approximate surface area is 141 Å². The average molecular weight is 402 g/mol. The molecule has 1 aromatic rings. The summed E-state index contributed by atoms with van der Waals surface area (Å²) in [5.74, 6) is 0.769. The number of benzene rings is 1. The van der Waals surface area contributed by atoms with Crippen molar-refractivity contribution in [2.75, 3.05) is 0 Å². The first-order chi connectivity index (χ1) is 9.35. The summed E-state index contributed by atoms with van der Waals surface area (Å²) in [5, 5.41) is 0. The van der Waals surface area contributed by atoms with E-state index >= 15 is 0 Å². The van der Waals surface area contributed by atoms with Crippen molar-refractivity contribution in [3.8, 4) is 0 Å². The standard InChI is InChI=1S/C18H26Br2/c1-12(2)11-18(7-5-6-8-18)17(20)15-9-14(4)16(19)10-13(15)3/h9-10,12,17H,5-8,11H2,1-4H3. The van der Waals surface area contributed by atoms with Crippen molar-refractivity contribution in [2.24, 2.45) is 11.3 Å². The molecular weight excluding hydrogens is 376 g/mol. The Morgan fingerprint density at radius 3 is 2.25 bits per heavy atom. The molecule has 0 N–H and O–H groups in total. The molecule has 1 aliphatic carbocycles. The highest BCUT2D eigenvalue weighted by atomic mass is 79.9. The Balaban J connectivity index is 2.37. The van der Waals surface area contributed by atoms with Gasteiger partial charge < -0.3 is 0 Å². The van der Waals surface area contributed by atoms with Crippen molar-refractivity contribution in [2.45, 2.75) is 64.6 Å². The lowest BCUT2D eigenvalue weighted by molar-refractivity contribution is 0.230. The van der Waals surface area contributed by atoms with Crippen molar-refractivity contribution in [3.63, 3.8) is 0 Å². The number of rotatable bonds is 4. The third kappa shape index (κ3) is 3.32. The van der Waals surface area contributed by atoms with Crippen LogP contribution in [-0.2, 0) is 0 Å². The number of hydrogen-bond acceptors (Lipinski definition) is 0. The van der Waals surface area contributed by atoms with Crippen LogP contribution in [0.2, 0.25) is 0 Å². The van der Waals surface area contributed by atoms with E-state index in [1.807, 2.05) is 0 Å². The van der Waals surface area contributed by atoms with Gasteiger partial charge in [0.25, 0.3) is 0 Å². The minimum Gasteiger partial charge on any atom is -0.0833 e. The summed E-state index contributed by atoms with van der Waals surface area (Å²) >= 11 is 7.74. The summed E-state index contributed by atoms with van der Waals surface area (Å²) in [7, 11) is 0. The predicted octanol–water partition coefficient (Wildman–Crippen LogP) is 7.11. The van der Waals surface area contributed by atoms with E-state index in [4.69, 9.17) is 0 Å². The molecule has 2 rings (SSSR count). The van der Waals surface area contributed by atoms with E-state index in [2.05, 4.69) is 71.7 Å². The topological polar surface area (TPSA) is 0 Å². The zero-order valence-corrected chi connectivity index (χ0v) is 16.3. The van der Waals surface area contributed by atoms with Crippen LogP contribution in [0.3, 0.4) is 0 Å². The molecule has 0 saturated heterocycles. The molecule has 1 unspecified atom stereocenters. The molecule has 0 aliphatic heterocycles. The van der Waals surface area contributed by atoms with Crippen molar-refractivity contribution in [1.82, 2.24) is 0 Å². The summed E-state index contributed by atoms with van der Waals surface area (Å²) in [6.07, 6.45) is 6.86. The van der Waals surface area contributed by atoms with Gasteiger partial charge in [0.1, 0.15) is 0 Å². The van der Waals surface area contributed by atoms with E-state index in [1.54, 1.807) is 0 Å². The van der Waals surface area contributed by atoms with E-state index in [1.165, 1.54) is 53.3 Å². The summed E-state index contributed by atoms with van der Waals surface area (Å²) in [6.45, 7) is 9.15. The van der Waals surface area contributed by atoms with Gasteiger partial charge in [-0.05, 0) is 67.2 Å². The summed E-state index contributed by atoms with van der Waals surface area (Å²) in [6, 6.07) is 4.65. The van der Waals surface area contributed by atoms with Gasteiger partial charge in [0.05, 0.1) is 0 Å². The van der Waals surface area contributed by atoms with Gasteiger partial charge in [-0.3, -0.25) is 0 Å². The van der Waals surface area contributed by atoms with Crippen molar-refractivity contribution < 1.29 is 0 Å². The zero-order valence-electron chi connectivity index (χ0n) is 13.1. The van der Waals surface area contributed by atoms with Gasteiger partial charge in [0.15, 0.2) is 0 Å². The van der Waals surface area contributed by atoms with Gasteiger partial charge in [-0.15, -0.1) is 0 Å². The lowest BCUT2D eigenvalue weighted by atomic mass is 9.73. The molecule has 1 atom stereocenters. The van der Waals surface area contributed by atoms with Crippen molar-refractivity contribution >= 4 is 31.9 Å². The van der Waals surface area contributed by atoms with Gasteiger partial charge in [0, 0.05) is 9.30 Å². The molecule has 0 amide bonds. The Hall–Kier alpha value is 0.180. The Bertz CT molecular complexity index is 471. The van der Waals surface area contributed by atoms with Crippen molar-refractivity contribution in [1.29, 1.82) is 0 Å². The van der Waals surface area contributed by atoms with Crippen LogP contribution in [-0.4, -0.2) is 0 Å². The molecule has 112 valence electrons. The van der Waals surface area contributed by atoms with Gasteiger partial charge in [-0.1, -0.05) is 64.6 Å². The molecule has 0 spiro atoms. The van der Waals surface area contributed by atoms with E-state index in [0.29, 0.717) is 10.2 Å². The molecule has 2 heteroatoms. The molecule has 1 aliphatic rings. The van der Waals surface area contributed by atoms with Crippen molar-refractivity contribution in [3.05, 3.63) is 33.3 Å². The molecule has 0 nitrogen and oxygen atoms in total. The van der Waals surface area contributed by atoms with Crippen LogP contribution in [0.5, 0.6) is 0 Å². The Morgan fingerprint density at radius 1 is 1.10 bits per heavy atom. The molecule has 20 heavy (non-hydrogen) atoms. The van der Waals surface area contributed by atoms with Crippen LogP contribution in [0.15, 0.2) is 16.6 Å². The molecule has 1 fully saturated rings. The Morgan fingerprint density at radius 2 is 1.70 bits per heavy atom. The first-order valence-electron chi connectivity index (χ1n) is 7.76. The summed E-state index contributed by atoms with van der Waals surface area (Å²) in [5.41, 5.74) is 4.69. The van der Waals surface area contributed by atoms with E-state index in [-0.39, 0.29) is 0 Å². The van der Waals surface area contributed by atoms with Gasteiger partial charge in [0.2, 0.25) is 0 Å². The first kappa shape index (κ1) is 16.5.